The fraction of sp³-hybridized carbons (Fsp3) is 0.190. The minimum atomic E-state index is -0.219. The first-order valence-electron chi connectivity index (χ1n) is 8.73. The van der Waals surface area contributed by atoms with Crippen LogP contribution in [0.5, 0.6) is 0 Å². The van der Waals surface area contributed by atoms with Crippen LogP contribution in [-0.2, 0) is 0 Å². The van der Waals surface area contributed by atoms with Gasteiger partial charge in [0.2, 0.25) is 0 Å². The molecule has 1 atom stereocenters. The Morgan fingerprint density at radius 3 is 2.42 bits per heavy atom. The van der Waals surface area contributed by atoms with Gasteiger partial charge in [0.15, 0.2) is 0 Å². The molecule has 0 bridgehead atoms. The van der Waals surface area contributed by atoms with Gasteiger partial charge in [-0.3, -0.25) is 4.79 Å². The van der Waals surface area contributed by atoms with E-state index < -0.39 is 0 Å². The number of fused-ring (bicyclic) bond motifs is 2. The van der Waals surface area contributed by atoms with Gasteiger partial charge in [0.25, 0.3) is 5.91 Å². The molecule has 4 aromatic rings. The number of hydrogen-bond acceptors (Lipinski definition) is 3. The van der Waals surface area contributed by atoms with E-state index in [2.05, 4.69) is 34.1 Å². The predicted molar refractivity (Wildman–Crippen MR) is 103 cm³/mol. The predicted octanol–water partition coefficient (Wildman–Crippen LogP) is 4.24. The van der Waals surface area contributed by atoms with Gasteiger partial charge in [-0.1, -0.05) is 50.2 Å². The maximum atomic E-state index is 12.8. The van der Waals surface area contributed by atoms with Crippen molar-refractivity contribution in [2.45, 2.75) is 19.9 Å². The maximum absolute atomic E-state index is 12.8. The van der Waals surface area contributed by atoms with E-state index in [4.69, 9.17) is 0 Å². The van der Waals surface area contributed by atoms with Crippen LogP contribution in [-0.4, -0.2) is 20.9 Å². The zero-order valence-electron chi connectivity index (χ0n) is 14.7. The second kappa shape index (κ2) is 6.59. The highest BCUT2D eigenvalue weighted by atomic mass is 16.1. The van der Waals surface area contributed by atoms with Crippen molar-refractivity contribution in [3.63, 3.8) is 0 Å². The Kier molecular flexibility index (Phi) is 4.13. The van der Waals surface area contributed by atoms with Gasteiger partial charge in [-0.25, -0.2) is 9.97 Å². The van der Waals surface area contributed by atoms with Crippen molar-refractivity contribution in [3.8, 4) is 0 Å². The van der Waals surface area contributed by atoms with Crippen molar-refractivity contribution in [2.24, 2.45) is 5.92 Å². The Morgan fingerprint density at radius 2 is 1.65 bits per heavy atom. The summed E-state index contributed by atoms with van der Waals surface area (Å²) >= 11 is 0. The molecule has 0 aliphatic heterocycles. The van der Waals surface area contributed by atoms with Crippen molar-refractivity contribution in [3.05, 3.63) is 72.2 Å². The monoisotopic (exact) mass is 344 g/mol. The topological polar surface area (TPSA) is 70.7 Å². The van der Waals surface area contributed by atoms with E-state index in [1.165, 1.54) is 0 Å². The van der Waals surface area contributed by atoms with Gasteiger partial charge in [-0.05, 0) is 30.2 Å². The molecule has 130 valence electrons. The van der Waals surface area contributed by atoms with Crippen LogP contribution in [0.25, 0.3) is 21.9 Å². The quantitative estimate of drug-likeness (QED) is 0.582. The molecule has 2 aromatic heterocycles. The van der Waals surface area contributed by atoms with Gasteiger partial charge in [-0.2, -0.15) is 0 Å². The molecule has 0 saturated carbocycles. The van der Waals surface area contributed by atoms with Crippen LogP contribution in [0.1, 0.15) is 36.2 Å². The molecular weight excluding hydrogens is 324 g/mol. The van der Waals surface area contributed by atoms with Crippen LogP contribution in [0.2, 0.25) is 0 Å². The lowest BCUT2D eigenvalue weighted by molar-refractivity contribution is 0.0918. The fourth-order valence-corrected chi connectivity index (χ4v) is 3.08. The first-order valence-corrected chi connectivity index (χ1v) is 8.73. The van der Waals surface area contributed by atoms with Crippen LogP contribution >= 0.6 is 0 Å². The molecular formula is C21H20N4O. The van der Waals surface area contributed by atoms with Crippen LogP contribution in [0, 0.1) is 5.92 Å². The van der Waals surface area contributed by atoms with Gasteiger partial charge in [-0.15, -0.1) is 0 Å². The van der Waals surface area contributed by atoms with Crippen LogP contribution in [0.4, 0.5) is 0 Å². The molecule has 5 nitrogen and oxygen atoms in total. The zero-order valence-corrected chi connectivity index (χ0v) is 14.7. The highest BCUT2D eigenvalue weighted by molar-refractivity contribution is 5.95. The van der Waals surface area contributed by atoms with Crippen molar-refractivity contribution >= 4 is 27.8 Å². The first kappa shape index (κ1) is 16.3. The van der Waals surface area contributed by atoms with E-state index in [-0.39, 0.29) is 17.9 Å². The van der Waals surface area contributed by atoms with Gasteiger partial charge >= 0.3 is 0 Å². The number of carbonyl (C=O) groups is 1. The number of rotatable bonds is 4. The summed E-state index contributed by atoms with van der Waals surface area (Å²) in [6.45, 7) is 4.12. The lowest BCUT2D eigenvalue weighted by Gasteiger charge is -2.20. The van der Waals surface area contributed by atoms with Gasteiger partial charge < -0.3 is 10.3 Å². The Balaban J connectivity index is 1.63. The molecule has 0 aliphatic rings. The molecule has 0 saturated heterocycles. The van der Waals surface area contributed by atoms with Crippen molar-refractivity contribution < 1.29 is 4.79 Å². The number of benzene rings is 2. The molecule has 1 amide bonds. The summed E-state index contributed by atoms with van der Waals surface area (Å²) in [6.07, 6.45) is 0. The normalized spacial score (nSPS) is 12.6. The minimum Gasteiger partial charge on any atom is -0.340 e. The average Bonchev–Trinajstić information content (AvgIpc) is 3.09. The lowest BCUT2D eigenvalue weighted by atomic mass is 10.0. The lowest BCUT2D eigenvalue weighted by Crippen LogP contribution is -2.33. The van der Waals surface area contributed by atoms with Crippen molar-refractivity contribution in [1.29, 1.82) is 0 Å². The van der Waals surface area contributed by atoms with Crippen molar-refractivity contribution in [1.82, 2.24) is 20.3 Å². The number of aromatic nitrogens is 3. The van der Waals surface area contributed by atoms with E-state index in [9.17, 15) is 4.79 Å². The number of nitrogens with one attached hydrogen (secondary N) is 2. The number of pyridine rings is 1. The number of aromatic amines is 1. The number of para-hydroxylation sites is 3. The number of imidazole rings is 1. The van der Waals surface area contributed by atoms with Crippen LogP contribution in [0.3, 0.4) is 0 Å². The van der Waals surface area contributed by atoms with E-state index in [1.807, 2.05) is 54.6 Å². The largest absolute Gasteiger partial charge is 0.340 e. The van der Waals surface area contributed by atoms with Crippen LogP contribution < -0.4 is 5.32 Å². The molecule has 2 heterocycles. The zero-order chi connectivity index (χ0) is 18.1. The third kappa shape index (κ3) is 3.04. The second-order valence-electron chi connectivity index (χ2n) is 6.72. The first-order chi connectivity index (χ1) is 12.6. The molecule has 5 heteroatoms. The summed E-state index contributed by atoms with van der Waals surface area (Å²) in [5.74, 6) is 0.741. The molecule has 26 heavy (non-hydrogen) atoms. The Labute approximate surface area is 151 Å². The van der Waals surface area contributed by atoms with Gasteiger partial charge in [0.1, 0.15) is 11.5 Å². The molecule has 0 aliphatic carbocycles. The summed E-state index contributed by atoms with van der Waals surface area (Å²) in [4.78, 5) is 25.2. The number of amides is 1. The number of carbonyl (C=O) groups excluding carboxylic acids is 1. The smallest absolute Gasteiger partial charge is 0.270 e. The third-order valence-electron chi connectivity index (χ3n) is 4.49. The average molecular weight is 344 g/mol. The summed E-state index contributed by atoms with van der Waals surface area (Å²) in [5, 5.41) is 4.10. The second-order valence-corrected chi connectivity index (χ2v) is 6.72. The number of nitrogens with zero attached hydrogens (tertiary/aromatic N) is 2. The highest BCUT2D eigenvalue weighted by Crippen LogP contribution is 2.23. The van der Waals surface area contributed by atoms with Crippen molar-refractivity contribution in [2.75, 3.05) is 0 Å². The van der Waals surface area contributed by atoms with E-state index in [0.717, 1.165) is 27.8 Å². The summed E-state index contributed by atoms with van der Waals surface area (Å²) in [5.41, 5.74) is 3.08. The molecule has 0 fully saturated rings. The summed E-state index contributed by atoms with van der Waals surface area (Å²) < 4.78 is 0. The third-order valence-corrected chi connectivity index (χ3v) is 4.49. The highest BCUT2D eigenvalue weighted by Gasteiger charge is 2.23. The SMILES string of the molecule is CC(C)C(NC(=O)c1ccc2ccccc2n1)c1nc2ccccc2[nH]1. The van der Waals surface area contributed by atoms with E-state index >= 15 is 0 Å². The standard InChI is InChI=1S/C21H20N4O/c1-13(2)19(20-23-16-9-5-6-10-17(16)24-20)25-21(26)18-12-11-14-7-3-4-8-15(14)22-18/h3-13,19H,1-2H3,(H,23,24)(H,25,26). The Hall–Kier alpha value is -3.21. The van der Waals surface area contributed by atoms with Gasteiger partial charge in [0, 0.05) is 5.39 Å². The fourth-order valence-electron chi connectivity index (χ4n) is 3.08. The molecule has 4 rings (SSSR count). The molecule has 2 N–H and O–H groups in total. The van der Waals surface area contributed by atoms with Crippen LogP contribution in [0.15, 0.2) is 60.7 Å². The maximum Gasteiger partial charge on any atom is 0.270 e. The molecule has 1 unspecified atom stereocenters. The molecule has 0 spiro atoms. The van der Waals surface area contributed by atoms with Gasteiger partial charge in [0.05, 0.1) is 22.6 Å². The minimum absolute atomic E-state index is 0.181. The molecule has 0 radical (unpaired) electrons. The Bertz CT molecular complexity index is 1050. The Morgan fingerprint density at radius 1 is 0.923 bits per heavy atom. The number of hydrogen-bond donors (Lipinski definition) is 2. The summed E-state index contributed by atoms with van der Waals surface area (Å²) in [7, 11) is 0. The van der Waals surface area contributed by atoms with E-state index in [1.54, 1.807) is 6.07 Å². The summed E-state index contributed by atoms with van der Waals surface area (Å²) in [6, 6.07) is 19.1. The molecule has 2 aromatic carbocycles. The number of H-pyrrole nitrogens is 1. The van der Waals surface area contributed by atoms with E-state index in [0.29, 0.717) is 5.69 Å².